The van der Waals surface area contributed by atoms with Crippen molar-refractivity contribution in [3.8, 4) is 11.3 Å². The van der Waals surface area contributed by atoms with Crippen LogP contribution in [0.25, 0.3) is 22.2 Å². The number of hydrogen-bond acceptors (Lipinski definition) is 1. The number of rotatable bonds is 1. The average Bonchev–Trinajstić information content (AvgIpc) is 2.41. The molecule has 1 aromatic heterocycles. The summed E-state index contributed by atoms with van der Waals surface area (Å²) < 4.78 is 13.8. The van der Waals surface area contributed by atoms with Crippen LogP contribution in [0.4, 0.5) is 4.39 Å². The SMILES string of the molecule is Cc1ccc(-c2cc(Cl)c3cccc(F)c3n2)cc1. The predicted molar refractivity (Wildman–Crippen MR) is 76.9 cm³/mol. The molecule has 3 aromatic rings. The summed E-state index contributed by atoms with van der Waals surface area (Å²) >= 11 is 6.21. The second-order valence-electron chi connectivity index (χ2n) is 4.49. The van der Waals surface area contributed by atoms with Gasteiger partial charge in [-0.1, -0.05) is 53.6 Å². The Bertz CT molecular complexity index is 751. The molecule has 3 heteroatoms. The molecule has 0 aliphatic rings. The Balaban J connectivity index is 2.25. The molecule has 0 aliphatic carbocycles. The number of halogens is 2. The molecule has 0 fully saturated rings. The first-order valence-corrected chi connectivity index (χ1v) is 6.35. The molecular weight excluding hydrogens is 261 g/mol. The van der Waals surface area contributed by atoms with Gasteiger partial charge in [0.25, 0.3) is 0 Å². The van der Waals surface area contributed by atoms with E-state index in [0.717, 1.165) is 5.56 Å². The molecule has 94 valence electrons. The quantitative estimate of drug-likeness (QED) is 0.607. The molecule has 0 atom stereocenters. The van der Waals surface area contributed by atoms with E-state index >= 15 is 0 Å². The van der Waals surface area contributed by atoms with Gasteiger partial charge >= 0.3 is 0 Å². The van der Waals surface area contributed by atoms with Gasteiger partial charge in [0.05, 0.1) is 10.7 Å². The van der Waals surface area contributed by atoms with Gasteiger partial charge in [-0.3, -0.25) is 0 Å². The van der Waals surface area contributed by atoms with Gasteiger partial charge in [-0.05, 0) is 19.1 Å². The average molecular weight is 272 g/mol. The van der Waals surface area contributed by atoms with Gasteiger partial charge in [0, 0.05) is 10.9 Å². The molecule has 19 heavy (non-hydrogen) atoms. The number of hydrogen-bond donors (Lipinski definition) is 0. The third kappa shape index (κ3) is 2.20. The van der Waals surface area contributed by atoms with Gasteiger partial charge in [-0.2, -0.15) is 0 Å². The Hall–Kier alpha value is -1.93. The Labute approximate surface area is 115 Å². The highest BCUT2D eigenvalue weighted by molar-refractivity contribution is 6.35. The molecule has 0 aliphatic heterocycles. The van der Waals surface area contributed by atoms with Gasteiger partial charge in [0.2, 0.25) is 0 Å². The number of para-hydroxylation sites is 1. The van der Waals surface area contributed by atoms with Crippen LogP contribution in [0.1, 0.15) is 5.56 Å². The lowest BCUT2D eigenvalue weighted by atomic mass is 10.1. The van der Waals surface area contributed by atoms with E-state index in [1.807, 2.05) is 31.2 Å². The van der Waals surface area contributed by atoms with E-state index in [-0.39, 0.29) is 5.82 Å². The second-order valence-corrected chi connectivity index (χ2v) is 4.90. The van der Waals surface area contributed by atoms with Crippen molar-refractivity contribution in [1.29, 1.82) is 0 Å². The maximum atomic E-state index is 13.8. The zero-order valence-corrected chi connectivity index (χ0v) is 11.1. The maximum Gasteiger partial charge on any atom is 0.149 e. The van der Waals surface area contributed by atoms with Crippen LogP contribution in [0.2, 0.25) is 5.02 Å². The van der Waals surface area contributed by atoms with Crippen molar-refractivity contribution in [3.63, 3.8) is 0 Å². The van der Waals surface area contributed by atoms with E-state index in [2.05, 4.69) is 4.98 Å². The molecular formula is C16H11ClFN. The van der Waals surface area contributed by atoms with Crippen molar-refractivity contribution >= 4 is 22.5 Å². The number of benzene rings is 2. The molecule has 0 N–H and O–H groups in total. The van der Waals surface area contributed by atoms with E-state index in [1.165, 1.54) is 11.6 Å². The zero-order chi connectivity index (χ0) is 13.4. The van der Waals surface area contributed by atoms with Crippen LogP contribution >= 0.6 is 11.6 Å². The van der Waals surface area contributed by atoms with Crippen LogP contribution < -0.4 is 0 Å². The molecule has 1 nitrogen and oxygen atoms in total. The van der Waals surface area contributed by atoms with Crippen molar-refractivity contribution < 1.29 is 4.39 Å². The molecule has 0 bridgehead atoms. The summed E-state index contributed by atoms with van der Waals surface area (Å²) in [5, 5.41) is 1.15. The largest absolute Gasteiger partial charge is 0.245 e. The molecule has 2 aromatic carbocycles. The lowest BCUT2D eigenvalue weighted by Crippen LogP contribution is -1.89. The molecule has 3 rings (SSSR count). The minimum Gasteiger partial charge on any atom is -0.245 e. The highest BCUT2D eigenvalue weighted by atomic mass is 35.5. The molecule has 0 radical (unpaired) electrons. The van der Waals surface area contributed by atoms with E-state index in [4.69, 9.17) is 11.6 Å². The first-order chi connectivity index (χ1) is 9.15. The Morgan fingerprint density at radius 1 is 1.05 bits per heavy atom. The first-order valence-electron chi connectivity index (χ1n) is 5.97. The van der Waals surface area contributed by atoms with Crippen LogP contribution in [-0.2, 0) is 0 Å². The summed E-state index contributed by atoms with van der Waals surface area (Å²) in [6.07, 6.45) is 0. The lowest BCUT2D eigenvalue weighted by molar-refractivity contribution is 0.637. The zero-order valence-electron chi connectivity index (χ0n) is 10.3. The number of fused-ring (bicyclic) bond motifs is 1. The minimum atomic E-state index is -0.353. The van der Waals surface area contributed by atoms with E-state index < -0.39 is 0 Å². The third-order valence-corrected chi connectivity index (χ3v) is 3.40. The van der Waals surface area contributed by atoms with E-state index in [1.54, 1.807) is 18.2 Å². The van der Waals surface area contributed by atoms with Crippen LogP contribution in [0, 0.1) is 12.7 Å². The molecule has 0 amide bonds. The van der Waals surface area contributed by atoms with Crippen molar-refractivity contribution in [1.82, 2.24) is 4.98 Å². The highest BCUT2D eigenvalue weighted by Gasteiger charge is 2.09. The van der Waals surface area contributed by atoms with Gasteiger partial charge in [-0.25, -0.2) is 9.37 Å². The highest BCUT2D eigenvalue weighted by Crippen LogP contribution is 2.29. The normalized spacial score (nSPS) is 10.9. The van der Waals surface area contributed by atoms with Crippen LogP contribution in [0.5, 0.6) is 0 Å². The van der Waals surface area contributed by atoms with Gasteiger partial charge in [0.15, 0.2) is 0 Å². The molecule has 0 saturated heterocycles. The fraction of sp³-hybridized carbons (Fsp3) is 0.0625. The summed E-state index contributed by atoms with van der Waals surface area (Å²) in [4.78, 5) is 4.38. The van der Waals surface area contributed by atoms with Crippen LogP contribution in [0.15, 0.2) is 48.5 Å². The summed E-state index contributed by atoms with van der Waals surface area (Å²) in [5.74, 6) is -0.353. The number of aromatic nitrogens is 1. The topological polar surface area (TPSA) is 12.9 Å². The minimum absolute atomic E-state index is 0.311. The third-order valence-electron chi connectivity index (χ3n) is 3.09. The number of aryl methyl sites for hydroxylation is 1. The monoisotopic (exact) mass is 271 g/mol. The van der Waals surface area contributed by atoms with Crippen LogP contribution in [0.3, 0.4) is 0 Å². The molecule has 0 unspecified atom stereocenters. The van der Waals surface area contributed by atoms with Gasteiger partial charge in [-0.15, -0.1) is 0 Å². The number of nitrogens with zero attached hydrogens (tertiary/aromatic N) is 1. The summed E-state index contributed by atoms with van der Waals surface area (Å²) in [6, 6.07) is 14.5. The summed E-state index contributed by atoms with van der Waals surface area (Å²) in [6.45, 7) is 2.02. The standard InChI is InChI=1S/C16H11ClFN/c1-10-5-7-11(8-6-10)15-9-13(17)12-3-2-4-14(18)16(12)19-15/h2-9H,1H3. The second kappa shape index (κ2) is 4.63. The first kappa shape index (κ1) is 12.1. The molecule has 1 heterocycles. The maximum absolute atomic E-state index is 13.8. The Morgan fingerprint density at radius 3 is 2.53 bits per heavy atom. The Kier molecular flexibility index (Phi) is 2.96. The van der Waals surface area contributed by atoms with E-state index in [0.29, 0.717) is 21.6 Å². The van der Waals surface area contributed by atoms with Crippen LogP contribution in [-0.4, -0.2) is 4.98 Å². The Morgan fingerprint density at radius 2 is 1.79 bits per heavy atom. The number of pyridine rings is 1. The summed E-state index contributed by atoms with van der Waals surface area (Å²) in [7, 11) is 0. The summed E-state index contributed by atoms with van der Waals surface area (Å²) in [5.41, 5.74) is 3.09. The predicted octanol–water partition coefficient (Wildman–Crippen LogP) is 5.00. The lowest BCUT2D eigenvalue weighted by Gasteiger charge is -2.06. The van der Waals surface area contributed by atoms with Crippen molar-refractivity contribution in [2.45, 2.75) is 6.92 Å². The van der Waals surface area contributed by atoms with Gasteiger partial charge < -0.3 is 0 Å². The van der Waals surface area contributed by atoms with Crippen molar-refractivity contribution in [2.75, 3.05) is 0 Å². The van der Waals surface area contributed by atoms with Crippen molar-refractivity contribution in [3.05, 3.63) is 64.9 Å². The fourth-order valence-corrected chi connectivity index (χ4v) is 2.30. The van der Waals surface area contributed by atoms with E-state index in [9.17, 15) is 4.39 Å². The van der Waals surface area contributed by atoms with Crippen molar-refractivity contribution in [2.24, 2.45) is 0 Å². The molecule has 0 spiro atoms. The molecule has 0 saturated carbocycles. The van der Waals surface area contributed by atoms with Gasteiger partial charge in [0.1, 0.15) is 11.3 Å². The fourth-order valence-electron chi connectivity index (χ4n) is 2.04. The smallest absolute Gasteiger partial charge is 0.149 e.